The Morgan fingerprint density at radius 1 is 0.816 bits per heavy atom. The molecule has 0 aliphatic carbocycles. The van der Waals surface area contributed by atoms with Gasteiger partial charge >= 0.3 is 0 Å². The Morgan fingerprint density at radius 3 is 2.08 bits per heavy atom. The second kappa shape index (κ2) is 14.3. The molecule has 0 aliphatic rings. The maximum atomic E-state index is 11.7. The molecule has 4 heterocycles. The van der Waals surface area contributed by atoms with Gasteiger partial charge in [0, 0.05) is 71.5 Å². The van der Waals surface area contributed by atoms with Gasteiger partial charge in [-0.3, -0.25) is 9.78 Å². The summed E-state index contributed by atoms with van der Waals surface area (Å²) in [6, 6.07) is 24.0. The predicted molar refractivity (Wildman–Crippen MR) is 209 cm³/mol. The largest absolute Gasteiger partial charge is 0.512 e. The Kier molecular flexibility index (Phi) is 10.7. The predicted octanol–water partition coefficient (Wildman–Crippen LogP) is 11.4. The third-order valence-corrected chi connectivity index (χ3v) is 12.7. The third kappa shape index (κ3) is 6.33. The Labute approximate surface area is 305 Å². The Bertz CT molecular complexity index is 2340. The number of allylic oxidation sites excluding steroid dienone is 2. The SMILES string of the molecule is CCC(CC)C(=O)/C=C(\O)C(CC)CC.Cc1c(C)c2c3cc([Si](C)(C)C)ccc3c3ccnc4c5[c-]c6ccccc6cc5c1n2c34.[Ir]. The molecule has 0 amide bonds. The topological polar surface area (TPSA) is 54.6 Å². The van der Waals surface area contributed by atoms with Gasteiger partial charge in [-0.15, -0.1) is 23.6 Å². The number of aromatic nitrogens is 2. The minimum atomic E-state index is -1.44. The van der Waals surface area contributed by atoms with Crippen molar-refractivity contribution in [1.29, 1.82) is 0 Å². The number of nitrogens with zero attached hydrogens (tertiary/aromatic N) is 2. The normalized spacial score (nSPS) is 12.6. The first-order chi connectivity index (χ1) is 22.9. The van der Waals surface area contributed by atoms with E-state index in [-0.39, 0.29) is 43.5 Å². The van der Waals surface area contributed by atoms with Gasteiger partial charge in [-0.1, -0.05) is 105 Å². The molecule has 3 aromatic carbocycles. The van der Waals surface area contributed by atoms with Crippen molar-refractivity contribution in [2.45, 2.75) is 86.9 Å². The van der Waals surface area contributed by atoms with Crippen LogP contribution in [0.1, 0.15) is 64.5 Å². The van der Waals surface area contributed by atoms with Crippen molar-refractivity contribution < 1.29 is 30.0 Å². The molecular formula is C43H49IrN2O2Si-. The molecular weight excluding hydrogens is 797 g/mol. The van der Waals surface area contributed by atoms with E-state index in [0.29, 0.717) is 0 Å². The van der Waals surface area contributed by atoms with E-state index in [1.54, 1.807) is 0 Å². The van der Waals surface area contributed by atoms with Gasteiger partial charge in [-0.25, -0.2) is 0 Å². The molecule has 7 aromatic rings. The first-order valence-corrected chi connectivity index (χ1v) is 21.2. The third-order valence-electron chi connectivity index (χ3n) is 10.7. The Balaban J connectivity index is 0.000000252. The van der Waals surface area contributed by atoms with Crippen LogP contribution in [0, 0.1) is 31.7 Å². The van der Waals surface area contributed by atoms with Crippen LogP contribution in [0.15, 0.2) is 72.6 Å². The smallest absolute Gasteiger partial charge is 0.162 e. The quantitative estimate of drug-likeness (QED) is 0.0414. The van der Waals surface area contributed by atoms with Crippen molar-refractivity contribution in [3.63, 3.8) is 0 Å². The zero-order valence-corrected chi connectivity index (χ0v) is 33.8. The van der Waals surface area contributed by atoms with Crippen LogP contribution >= 0.6 is 0 Å². The summed E-state index contributed by atoms with van der Waals surface area (Å²) in [5.74, 6) is 0.547. The molecule has 0 saturated carbocycles. The summed E-state index contributed by atoms with van der Waals surface area (Å²) in [5, 5.41) is 19.9. The molecule has 0 bridgehead atoms. The van der Waals surface area contributed by atoms with E-state index in [4.69, 9.17) is 4.98 Å². The molecule has 0 saturated heterocycles. The van der Waals surface area contributed by atoms with Crippen LogP contribution in [0.2, 0.25) is 19.6 Å². The fourth-order valence-corrected chi connectivity index (χ4v) is 8.67. The summed E-state index contributed by atoms with van der Waals surface area (Å²) >= 11 is 0. The van der Waals surface area contributed by atoms with Crippen molar-refractivity contribution in [2.24, 2.45) is 11.8 Å². The molecule has 49 heavy (non-hydrogen) atoms. The first kappa shape index (κ1) is 36.7. The fourth-order valence-electron chi connectivity index (χ4n) is 7.51. The number of rotatable bonds is 8. The number of carbonyl (C=O) groups is 1. The zero-order chi connectivity index (χ0) is 34.5. The molecule has 0 aliphatic heterocycles. The minimum absolute atomic E-state index is 0. The van der Waals surface area contributed by atoms with Crippen LogP contribution in [-0.2, 0) is 24.9 Å². The monoisotopic (exact) mass is 846 g/mol. The molecule has 6 heteroatoms. The number of hydrogen-bond donors (Lipinski definition) is 1. The maximum Gasteiger partial charge on any atom is 0.162 e. The molecule has 4 aromatic heterocycles. The van der Waals surface area contributed by atoms with Gasteiger partial charge in [-0.05, 0) is 62.1 Å². The number of carbonyl (C=O) groups excluding carboxylic acids is 1. The Hall–Kier alpha value is -3.57. The molecule has 0 fully saturated rings. The molecule has 7 rings (SSSR count). The van der Waals surface area contributed by atoms with Crippen molar-refractivity contribution >= 4 is 78.8 Å². The van der Waals surface area contributed by atoms with Gasteiger partial charge in [0.2, 0.25) is 0 Å². The number of aliphatic hydroxyl groups excluding tert-OH is 1. The summed E-state index contributed by atoms with van der Waals surface area (Å²) in [7, 11) is -1.44. The summed E-state index contributed by atoms with van der Waals surface area (Å²) in [4.78, 5) is 16.6. The molecule has 4 nitrogen and oxygen atoms in total. The average molecular weight is 846 g/mol. The van der Waals surface area contributed by atoms with E-state index in [0.717, 1.165) is 42.0 Å². The number of aliphatic hydroxyl groups is 1. The molecule has 0 unspecified atom stereocenters. The number of pyridine rings is 3. The molecule has 0 spiro atoms. The first-order valence-electron chi connectivity index (χ1n) is 17.7. The Morgan fingerprint density at radius 2 is 1.45 bits per heavy atom. The van der Waals surface area contributed by atoms with E-state index in [1.807, 2.05) is 33.9 Å². The number of ketones is 1. The average Bonchev–Trinajstić information content (AvgIpc) is 3.34. The fraction of sp³-hybridized carbons (Fsp3) is 0.349. The summed E-state index contributed by atoms with van der Waals surface area (Å²) in [5.41, 5.74) is 7.59. The van der Waals surface area contributed by atoms with Crippen molar-refractivity contribution in [3.05, 3.63) is 89.8 Å². The standard InChI is InChI=1S/C30H25N2Si.C13H24O2.Ir/c1-17-18(2)29-26-16-21(33(3,4)5)10-11-22(26)23-12-13-31-27-24-14-19-8-6-7-9-20(19)15-25(24)28(17)32(29)30(23)27;1-5-10(6-2)12(14)9-13(15)11(7-3)8-4;/h6-13,15-16H,1-5H3;9-11,14H,5-8H2,1-4H3;/q-1;;/b;12-9-;. The number of aryl methyl sites for hydroxylation is 2. The van der Waals surface area contributed by atoms with E-state index < -0.39 is 8.07 Å². The van der Waals surface area contributed by atoms with Gasteiger partial charge < -0.3 is 9.51 Å². The van der Waals surface area contributed by atoms with Crippen LogP contribution in [-0.4, -0.2) is 28.3 Å². The summed E-state index contributed by atoms with van der Waals surface area (Å²) in [6.07, 6.45) is 6.87. The number of benzene rings is 3. The second-order valence-corrected chi connectivity index (χ2v) is 19.6. The van der Waals surface area contributed by atoms with Gasteiger partial charge in [0.25, 0.3) is 0 Å². The van der Waals surface area contributed by atoms with Crippen molar-refractivity contribution in [1.82, 2.24) is 9.38 Å². The van der Waals surface area contributed by atoms with Gasteiger partial charge in [0.05, 0.1) is 19.3 Å². The maximum absolute atomic E-state index is 11.7. The van der Waals surface area contributed by atoms with Crippen LogP contribution in [0.3, 0.4) is 0 Å². The van der Waals surface area contributed by atoms with E-state index in [9.17, 15) is 9.90 Å². The number of fused-ring (bicyclic) bond motifs is 7. The second-order valence-electron chi connectivity index (χ2n) is 14.5. The van der Waals surface area contributed by atoms with Crippen LogP contribution in [0.5, 0.6) is 0 Å². The number of hydrogen-bond acceptors (Lipinski definition) is 3. The van der Waals surface area contributed by atoms with E-state index in [2.05, 4.69) is 98.6 Å². The van der Waals surface area contributed by atoms with Crippen LogP contribution in [0.4, 0.5) is 0 Å². The van der Waals surface area contributed by atoms with E-state index in [1.165, 1.54) is 65.9 Å². The van der Waals surface area contributed by atoms with Gasteiger partial charge in [0.15, 0.2) is 5.78 Å². The summed E-state index contributed by atoms with van der Waals surface area (Å²) in [6.45, 7) is 19.9. The van der Waals surface area contributed by atoms with E-state index >= 15 is 0 Å². The molecule has 0 atom stereocenters. The zero-order valence-electron chi connectivity index (χ0n) is 30.4. The van der Waals surface area contributed by atoms with Gasteiger partial charge in [0.1, 0.15) is 0 Å². The summed E-state index contributed by atoms with van der Waals surface area (Å²) < 4.78 is 2.50. The molecule has 1 radical (unpaired) electrons. The molecule has 257 valence electrons. The minimum Gasteiger partial charge on any atom is -0.512 e. The molecule has 1 N–H and O–H groups in total. The van der Waals surface area contributed by atoms with Crippen molar-refractivity contribution in [3.8, 4) is 0 Å². The van der Waals surface area contributed by atoms with Crippen LogP contribution < -0.4 is 5.19 Å². The van der Waals surface area contributed by atoms with Crippen molar-refractivity contribution in [2.75, 3.05) is 0 Å². The van der Waals surface area contributed by atoms with Gasteiger partial charge in [-0.2, -0.15) is 0 Å². The van der Waals surface area contributed by atoms with Crippen LogP contribution in [0.25, 0.3) is 59.8 Å².